The highest BCUT2D eigenvalue weighted by Crippen LogP contribution is 2.25. The van der Waals surface area contributed by atoms with Crippen LogP contribution in [-0.2, 0) is 4.79 Å². The van der Waals surface area contributed by atoms with Crippen LogP contribution < -0.4 is 5.73 Å². The number of aryl methyl sites for hydroxylation is 1. The van der Waals surface area contributed by atoms with E-state index in [1.54, 1.807) is 25.1 Å². The van der Waals surface area contributed by atoms with Gasteiger partial charge in [0.05, 0.1) is 4.92 Å². The van der Waals surface area contributed by atoms with E-state index in [0.717, 1.165) is 6.29 Å². The summed E-state index contributed by atoms with van der Waals surface area (Å²) in [5.74, 6) is 0. The van der Waals surface area contributed by atoms with E-state index in [4.69, 9.17) is 5.73 Å². The molecule has 5 heteroatoms. The highest BCUT2D eigenvalue weighted by atomic mass is 16.6. The molecule has 0 atom stereocenters. The third kappa shape index (κ3) is 2.66. The first-order valence-electron chi connectivity index (χ1n) is 4.71. The Morgan fingerprint density at radius 3 is 2.75 bits per heavy atom. The van der Waals surface area contributed by atoms with Crippen LogP contribution in [0.4, 0.5) is 11.4 Å². The Morgan fingerprint density at radius 2 is 2.19 bits per heavy atom. The van der Waals surface area contributed by atoms with E-state index >= 15 is 0 Å². The first kappa shape index (κ1) is 11.9. The molecule has 0 aromatic heterocycles. The minimum absolute atomic E-state index is 0.00466. The van der Waals surface area contributed by atoms with Crippen LogP contribution in [0.15, 0.2) is 18.2 Å². The average molecular weight is 220 g/mol. The number of carbonyl (C=O) groups is 1. The molecule has 0 aliphatic rings. The van der Waals surface area contributed by atoms with Crippen molar-refractivity contribution in [2.75, 3.05) is 5.73 Å². The molecule has 0 saturated heterocycles. The van der Waals surface area contributed by atoms with Crippen LogP contribution in [-0.4, -0.2) is 11.2 Å². The molecule has 0 saturated carbocycles. The molecule has 0 radical (unpaired) electrons. The van der Waals surface area contributed by atoms with E-state index < -0.39 is 4.92 Å². The monoisotopic (exact) mass is 220 g/mol. The van der Waals surface area contributed by atoms with Crippen LogP contribution in [0.25, 0.3) is 6.08 Å². The fourth-order valence-electron chi connectivity index (χ4n) is 1.33. The maximum atomic E-state index is 10.6. The predicted molar refractivity (Wildman–Crippen MR) is 62.0 cm³/mol. The van der Waals surface area contributed by atoms with E-state index in [1.807, 2.05) is 0 Å². The SMILES string of the molecule is Cc1cc(C=CCC=O)c(N)cc1[N+](=O)[O-]. The summed E-state index contributed by atoms with van der Waals surface area (Å²) in [6, 6.07) is 2.96. The van der Waals surface area contributed by atoms with Crippen LogP contribution in [0.5, 0.6) is 0 Å². The van der Waals surface area contributed by atoms with E-state index in [-0.39, 0.29) is 5.69 Å². The van der Waals surface area contributed by atoms with Gasteiger partial charge in [0.25, 0.3) is 5.69 Å². The minimum Gasteiger partial charge on any atom is -0.398 e. The Morgan fingerprint density at radius 1 is 1.50 bits per heavy atom. The molecular weight excluding hydrogens is 208 g/mol. The first-order chi connectivity index (χ1) is 7.56. The van der Waals surface area contributed by atoms with Gasteiger partial charge in [0.1, 0.15) is 6.29 Å². The average Bonchev–Trinajstić information content (AvgIpc) is 2.22. The van der Waals surface area contributed by atoms with Gasteiger partial charge < -0.3 is 10.5 Å². The lowest BCUT2D eigenvalue weighted by atomic mass is 10.1. The highest BCUT2D eigenvalue weighted by Gasteiger charge is 2.12. The Bertz CT molecular complexity index is 453. The van der Waals surface area contributed by atoms with Crippen LogP contribution >= 0.6 is 0 Å². The molecule has 1 aromatic carbocycles. The maximum Gasteiger partial charge on any atom is 0.274 e. The fraction of sp³-hybridized carbons (Fsp3) is 0.182. The second-order valence-electron chi connectivity index (χ2n) is 3.33. The lowest BCUT2D eigenvalue weighted by molar-refractivity contribution is -0.385. The van der Waals surface area contributed by atoms with Gasteiger partial charge in [-0.3, -0.25) is 10.1 Å². The van der Waals surface area contributed by atoms with E-state index in [2.05, 4.69) is 0 Å². The van der Waals surface area contributed by atoms with Crippen molar-refractivity contribution in [2.45, 2.75) is 13.3 Å². The van der Waals surface area contributed by atoms with Gasteiger partial charge in [-0.25, -0.2) is 0 Å². The number of nitrogen functional groups attached to an aromatic ring is 1. The van der Waals surface area contributed by atoms with Crippen molar-refractivity contribution in [3.05, 3.63) is 39.4 Å². The largest absolute Gasteiger partial charge is 0.398 e. The summed E-state index contributed by atoms with van der Waals surface area (Å²) in [5, 5.41) is 10.6. The second kappa shape index (κ2) is 5.06. The molecule has 84 valence electrons. The molecule has 0 spiro atoms. The lowest BCUT2D eigenvalue weighted by Gasteiger charge is -2.03. The number of hydrogen-bond donors (Lipinski definition) is 1. The van der Waals surface area contributed by atoms with Crippen molar-refractivity contribution in [1.82, 2.24) is 0 Å². The summed E-state index contributed by atoms with van der Waals surface area (Å²) in [6.07, 6.45) is 4.41. The van der Waals surface area contributed by atoms with Gasteiger partial charge in [-0.15, -0.1) is 0 Å². The molecule has 2 N–H and O–H groups in total. The number of rotatable bonds is 4. The number of aldehydes is 1. The molecule has 0 heterocycles. The third-order valence-electron chi connectivity index (χ3n) is 2.13. The topological polar surface area (TPSA) is 86.2 Å². The molecule has 0 aliphatic heterocycles. The Hall–Kier alpha value is -2.17. The molecule has 0 bridgehead atoms. The molecule has 0 aliphatic carbocycles. The molecule has 0 amide bonds. The molecule has 0 unspecified atom stereocenters. The normalized spacial score (nSPS) is 10.6. The number of nitrogens with zero attached hydrogens (tertiary/aromatic N) is 1. The number of carbonyl (C=O) groups excluding carboxylic acids is 1. The van der Waals surface area contributed by atoms with E-state index in [1.165, 1.54) is 6.07 Å². The smallest absolute Gasteiger partial charge is 0.274 e. The number of benzene rings is 1. The number of nitro benzene ring substituents is 1. The summed E-state index contributed by atoms with van der Waals surface area (Å²) in [5.41, 5.74) is 7.24. The predicted octanol–water partition coefficient (Wildman–Crippen LogP) is 2.09. The summed E-state index contributed by atoms with van der Waals surface area (Å²) in [7, 11) is 0. The molecular formula is C11H12N2O3. The maximum absolute atomic E-state index is 10.6. The molecule has 1 rings (SSSR count). The minimum atomic E-state index is -0.468. The van der Waals surface area contributed by atoms with Gasteiger partial charge in [0.2, 0.25) is 0 Å². The van der Waals surface area contributed by atoms with Crippen LogP contribution in [0.2, 0.25) is 0 Å². The summed E-state index contributed by atoms with van der Waals surface area (Å²) < 4.78 is 0. The van der Waals surface area contributed by atoms with Crippen molar-refractivity contribution in [3.63, 3.8) is 0 Å². The van der Waals surface area contributed by atoms with E-state index in [0.29, 0.717) is 23.2 Å². The van der Waals surface area contributed by atoms with Gasteiger partial charge in [-0.2, -0.15) is 0 Å². The summed E-state index contributed by atoms with van der Waals surface area (Å²) in [6.45, 7) is 1.65. The van der Waals surface area contributed by atoms with Crippen LogP contribution in [0.1, 0.15) is 17.5 Å². The summed E-state index contributed by atoms with van der Waals surface area (Å²) in [4.78, 5) is 20.3. The fourth-order valence-corrected chi connectivity index (χ4v) is 1.33. The Kier molecular flexibility index (Phi) is 3.77. The molecule has 1 aromatic rings. The van der Waals surface area contributed by atoms with Crippen molar-refractivity contribution in [3.8, 4) is 0 Å². The van der Waals surface area contributed by atoms with Crippen molar-refractivity contribution in [1.29, 1.82) is 0 Å². The van der Waals surface area contributed by atoms with Crippen molar-refractivity contribution in [2.24, 2.45) is 0 Å². The zero-order chi connectivity index (χ0) is 12.1. The highest BCUT2D eigenvalue weighted by molar-refractivity contribution is 5.70. The number of allylic oxidation sites excluding steroid dienone is 1. The zero-order valence-electron chi connectivity index (χ0n) is 8.84. The first-order valence-corrected chi connectivity index (χ1v) is 4.71. The molecule has 5 nitrogen and oxygen atoms in total. The second-order valence-corrected chi connectivity index (χ2v) is 3.33. The Labute approximate surface area is 92.7 Å². The zero-order valence-corrected chi connectivity index (χ0v) is 8.84. The van der Waals surface area contributed by atoms with Gasteiger partial charge in [0.15, 0.2) is 0 Å². The van der Waals surface area contributed by atoms with Crippen LogP contribution in [0.3, 0.4) is 0 Å². The van der Waals surface area contributed by atoms with Crippen molar-refractivity contribution >= 4 is 23.7 Å². The van der Waals surface area contributed by atoms with Crippen molar-refractivity contribution < 1.29 is 9.72 Å². The Balaban J connectivity index is 3.10. The van der Waals surface area contributed by atoms with Crippen LogP contribution in [0, 0.1) is 17.0 Å². The van der Waals surface area contributed by atoms with Gasteiger partial charge in [0, 0.05) is 23.7 Å². The molecule has 0 fully saturated rings. The van der Waals surface area contributed by atoms with Gasteiger partial charge in [-0.1, -0.05) is 12.2 Å². The molecule has 16 heavy (non-hydrogen) atoms. The third-order valence-corrected chi connectivity index (χ3v) is 2.13. The summed E-state index contributed by atoms with van der Waals surface area (Å²) >= 11 is 0. The lowest BCUT2D eigenvalue weighted by Crippen LogP contribution is -1.96. The number of anilines is 1. The van der Waals surface area contributed by atoms with E-state index in [9.17, 15) is 14.9 Å². The standard InChI is InChI=1S/C11H12N2O3/c1-8-6-9(4-2-3-5-14)10(12)7-11(8)13(15)16/h2,4-7H,3,12H2,1H3. The quantitative estimate of drug-likeness (QED) is 0.364. The number of nitrogens with two attached hydrogens (primary N) is 1. The van der Waals surface area contributed by atoms with Gasteiger partial charge in [-0.05, 0) is 18.6 Å². The number of nitro groups is 1. The van der Waals surface area contributed by atoms with Gasteiger partial charge >= 0.3 is 0 Å². The number of hydrogen-bond acceptors (Lipinski definition) is 4.